The Morgan fingerprint density at radius 2 is 1.88 bits per heavy atom. The van der Waals surface area contributed by atoms with E-state index in [-0.39, 0.29) is 23.3 Å². The molecule has 2 aromatic carbocycles. The van der Waals surface area contributed by atoms with Gasteiger partial charge in [0, 0.05) is 4.90 Å². The van der Waals surface area contributed by atoms with E-state index in [2.05, 4.69) is 13.8 Å². The minimum Gasteiger partial charge on any atom is -0.462 e. The number of rotatable bonds is 4. The molecule has 0 fully saturated rings. The van der Waals surface area contributed by atoms with Crippen molar-refractivity contribution < 1.29 is 19.1 Å². The molecule has 0 saturated carbocycles. The number of hydrogen-bond donors (Lipinski definition) is 0. The number of thioether (sulfide) groups is 1. The topological polar surface area (TPSA) is 52.6 Å². The van der Waals surface area contributed by atoms with E-state index in [1.54, 1.807) is 37.3 Å². The van der Waals surface area contributed by atoms with Gasteiger partial charge in [0.2, 0.25) is 0 Å². The summed E-state index contributed by atoms with van der Waals surface area (Å²) in [5.74, 6) is 0.313. The highest BCUT2D eigenvalue weighted by Gasteiger charge is 2.29. The molecule has 0 spiro atoms. The van der Waals surface area contributed by atoms with E-state index in [1.165, 1.54) is 10.5 Å². The lowest BCUT2D eigenvalue weighted by molar-refractivity contribution is 0.0520. The Hall–Kier alpha value is -2.27. The monoisotopic (exact) mass is 370 g/mol. The zero-order chi connectivity index (χ0) is 18.7. The van der Waals surface area contributed by atoms with Gasteiger partial charge < -0.3 is 9.47 Å². The van der Waals surface area contributed by atoms with Crippen molar-refractivity contribution >= 4 is 23.7 Å². The van der Waals surface area contributed by atoms with Crippen LogP contribution >= 0.6 is 11.8 Å². The van der Waals surface area contributed by atoms with Crippen LogP contribution in [0.3, 0.4) is 0 Å². The van der Waals surface area contributed by atoms with Crippen LogP contribution in [0.25, 0.3) is 0 Å². The van der Waals surface area contributed by atoms with Crippen LogP contribution in [0, 0.1) is 0 Å². The SMILES string of the molecule is CCOC(=O)c1ccccc1OC(=O)c1ccc2c(c1)C(C)(C)CCS2. The molecule has 5 heteroatoms. The van der Waals surface area contributed by atoms with Crippen molar-refractivity contribution in [3.05, 3.63) is 59.2 Å². The van der Waals surface area contributed by atoms with Crippen LogP contribution in [0.5, 0.6) is 5.75 Å². The number of hydrogen-bond acceptors (Lipinski definition) is 5. The van der Waals surface area contributed by atoms with Crippen molar-refractivity contribution in [2.75, 3.05) is 12.4 Å². The van der Waals surface area contributed by atoms with Gasteiger partial charge in [-0.2, -0.15) is 0 Å². The van der Waals surface area contributed by atoms with Gasteiger partial charge in [-0.05, 0) is 60.4 Å². The second kappa shape index (κ2) is 7.54. The van der Waals surface area contributed by atoms with Gasteiger partial charge in [-0.3, -0.25) is 0 Å². The fraction of sp³-hybridized carbons (Fsp3) is 0.333. The van der Waals surface area contributed by atoms with E-state index in [0.29, 0.717) is 5.56 Å². The standard InChI is InChI=1S/C21H22O4S/c1-4-24-20(23)15-7-5-6-8-17(15)25-19(22)14-9-10-18-16(13-14)21(2,3)11-12-26-18/h5-10,13H,4,11-12H2,1-3H3. The first kappa shape index (κ1) is 18.5. The predicted octanol–water partition coefficient (Wildman–Crippen LogP) is 4.86. The summed E-state index contributed by atoms with van der Waals surface area (Å²) in [5.41, 5.74) is 1.93. The third-order valence-corrected chi connectivity index (χ3v) is 5.59. The predicted molar refractivity (Wildman–Crippen MR) is 102 cm³/mol. The van der Waals surface area contributed by atoms with E-state index < -0.39 is 11.9 Å². The highest BCUT2D eigenvalue weighted by molar-refractivity contribution is 7.99. The molecule has 0 atom stereocenters. The van der Waals surface area contributed by atoms with Gasteiger partial charge in [0.1, 0.15) is 11.3 Å². The number of carbonyl (C=O) groups is 2. The Morgan fingerprint density at radius 1 is 1.12 bits per heavy atom. The molecule has 2 aromatic rings. The smallest absolute Gasteiger partial charge is 0.343 e. The average Bonchev–Trinajstić information content (AvgIpc) is 2.62. The molecular formula is C21H22O4S. The van der Waals surface area contributed by atoms with Crippen molar-refractivity contribution in [1.82, 2.24) is 0 Å². The molecule has 26 heavy (non-hydrogen) atoms. The summed E-state index contributed by atoms with van der Waals surface area (Å²) in [6.07, 6.45) is 1.06. The van der Waals surface area contributed by atoms with Crippen molar-refractivity contribution in [3.63, 3.8) is 0 Å². The van der Waals surface area contributed by atoms with Gasteiger partial charge in [0.15, 0.2) is 0 Å². The van der Waals surface area contributed by atoms with Crippen LogP contribution in [-0.4, -0.2) is 24.3 Å². The van der Waals surface area contributed by atoms with Crippen LogP contribution < -0.4 is 4.74 Å². The fourth-order valence-corrected chi connectivity index (χ4v) is 4.44. The average molecular weight is 370 g/mol. The van der Waals surface area contributed by atoms with Crippen molar-refractivity contribution in [3.8, 4) is 5.75 Å². The number of fused-ring (bicyclic) bond motifs is 1. The van der Waals surface area contributed by atoms with Crippen molar-refractivity contribution in [2.45, 2.75) is 37.5 Å². The van der Waals surface area contributed by atoms with Crippen molar-refractivity contribution in [1.29, 1.82) is 0 Å². The quantitative estimate of drug-likeness (QED) is 0.568. The highest BCUT2D eigenvalue weighted by Crippen LogP contribution is 2.41. The molecule has 0 amide bonds. The first-order valence-electron chi connectivity index (χ1n) is 8.68. The molecule has 0 aromatic heterocycles. The second-order valence-corrected chi connectivity index (χ2v) is 7.94. The molecule has 1 heterocycles. The van der Waals surface area contributed by atoms with Crippen LogP contribution in [0.4, 0.5) is 0 Å². The number of carbonyl (C=O) groups excluding carboxylic acids is 2. The van der Waals surface area contributed by atoms with Gasteiger partial charge in [0.05, 0.1) is 12.2 Å². The maximum atomic E-state index is 12.7. The van der Waals surface area contributed by atoms with E-state index in [0.717, 1.165) is 12.2 Å². The Kier molecular flexibility index (Phi) is 5.37. The van der Waals surface area contributed by atoms with Crippen LogP contribution in [0.1, 0.15) is 53.5 Å². The molecular weight excluding hydrogens is 348 g/mol. The van der Waals surface area contributed by atoms with E-state index in [4.69, 9.17) is 9.47 Å². The number of para-hydroxylation sites is 1. The van der Waals surface area contributed by atoms with Crippen LogP contribution in [0.2, 0.25) is 0 Å². The van der Waals surface area contributed by atoms with Gasteiger partial charge in [-0.15, -0.1) is 11.8 Å². The molecule has 0 N–H and O–H groups in total. The van der Waals surface area contributed by atoms with Gasteiger partial charge in [-0.25, -0.2) is 9.59 Å². The van der Waals surface area contributed by atoms with Gasteiger partial charge in [-0.1, -0.05) is 26.0 Å². The minimum atomic E-state index is -0.501. The molecule has 0 unspecified atom stereocenters. The zero-order valence-electron chi connectivity index (χ0n) is 15.2. The molecule has 0 bridgehead atoms. The Balaban J connectivity index is 1.87. The Labute approximate surface area is 157 Å². The summed E-state index contributed by atoms with van der Waals surface area (Å²) >= 11 is 1.81. The Bertz CT molecular complexity index is 842. The van der Waals surface area contributed by atoms with E-state index in [1.807, 2.05) is 23.9 Å². The van der Waals surface area contributed by atoms with E-state index in [9.17, 15) is 9.59 Å². The zero-order valence-corrected chi connectivity index (χ0v) is 16.0. The summed E-state index contributed by atoms with van der Waals surface area (Å²) in [4.78, 5) is 25.9. The lowest BCUT2D eigenvalue weighted by atomic mass is 9.81. The highest BCUT2D eigenvalue weighted by atomic mass is 32.2. The second-order valence-electron chi connectivity index (χ2n) is 6.80. The number of benzene rings is 2. The van der Waals surface area contributed by atoms with Crippen LogP contribution in [0.15, 0.2) is 47.4 Å². The van der Waals surface area contributed by atoms with E-state index >= 15 is 0 Å². The molecule has 0 radical (unpaired) electrons. The largest absolute Gasteiger partial charge is 0.462 e. The Morgan fingerprint density at radius 3 is 2.65 bits per heavy atom. The molecule has 4 nitrogen and oxygen atoms in total. The molecule has 1 aliphatic heterocycles. The molecule has 0 saturated heterocycles. The summed E-state index contributed by atoms with van der Waals surface area (Å²) < 4.78 is 10.5. The third kappa shape index (κ3) is 3.78. The maximum absolute atomic E-state index is 12.7. The summed E-state index contributed by atoms with van der Waals surface area (Å²) in [6.45, 7) is 6.38. The minimum absolute atomic E-state index is 0.0275. The fourth-order valence-electron chi connectivity index (χ4n) is 2.95. The first-order chi connectivity index (χ1) is 12.4. The van der Waals surface area contributed by atoms with Crippen LogP contribution in [-0.2, 0) is 10.2 Å². The number of esters is 2. The number of ether oxygens (including phenoxy) is 2. The van der Waals surface area contributed by atoms with Crippen molar-refractivity contribution in [2.24, 2.45) is 0 Å². The lowest BCUT2D eigenvalue weighted by Crippen LogP contribution is -2.23. The summed E-state index contributed by atoms with van der Waals surface area (Å²) in [7, 11) is 0. The molecule has 3 rings (SSSR count). The summed E-state index contributed by atoms with van der Waals surface area (Å²) in [5, 5.41) is 0. The lowest BCUT2D eigenvalue weighted by Gasteiger charge is -2.32. The molecule has 0 aliphatic carbocycles. The van der Waals surface area contributed by atoms with Gasteiger partial charge >= 0.3 is 11.9 Å². The third-order valence-electron chi connectivity index (χ3n) is 4.51. The van der Waals surface area contributed by atoms with Gasteiger partial charge in [0.25, 0.3) is 0 Å². The first-order valence-corrected chi connectivity index (χ1v) is 9.66. The summed E-state index contributed by atoms with van der Waals surface area (Å²) in [6, 6.07) is 12.3. The maximum Gasteiger partial charge on any atom is 0.343 e. The molecule has 136 valence electrons. The normalized spacial score (nSPS) is 15.0. The molecule has 1 aliphatic rings.